The van der Waals surface area contributed by atoms with Crippen molar-refractivity contribution in [3.8, 4) is 0 Å². The molecule has 1 aliphatic rings. The van der Waals surface area contributed by atoms with Crippen LogP contribution in [0.2, 0.25) is 0 Å². The van der Waals surface area contributed by atoms with Gasteiger partial charge in [-0.3, -0.25) is 4.90 Å². The number of thioether (sulfide) groups is 1. The molecule has 2 aromatic rings. The molecule has 1 aromatic carbocycles. The average molecular weight is 349 g/mol. The van der Waals surface area contributed by atoms with Crippen molar-refractivity contribution < 1.29 is 13.6 Å². The van der Waals surface area contributed by atoms with Crippen molar-refractivity contribution in [1.29, 1.82) is 0 Å². The van der Waals surface area contributed by atoms with Gasteiger partial charge in [0.05, 0.1) is 18.0 Å². The van der Waals surface area contributed by atoms with Crippen LogP contribution in [0, 0.1) is 5.82 Å². The Morgan fingerprint density at radius 3 is 2.75 bits per heavy atom. The van der Waals surface area contributed by atoms with Crippen LogP contribution < -0.4 is 10.6 Å². The fourth-order valence-corrected chi connectivity index (χ4v) is 3.63. The van der Waals surface area contributed by atoms with Gasteiger partial charge in [-0.1, -0.05) is 12.1 Å². The molecule has 1 unspecified atom stereocenters. The molecular formula is C17H20FN3O2S. The van der Waals surface area contributed by atoms with Gasteiger partial charge in [0.2, 0.25) is 0 Å². The molecule has 24 heavy (non-hydrogen) atoms. The second-order valence-corrected chi connectivity index (χ2v) is 6.72. The van der Waals surface area contributed by atoms with Crippen molar-refractivity contribution in [2.75, 3.05) is 36.5 Å². The number of urea groups is 1. The Kier molecular flexibility index (Phi) is 5.77. The third-order valence-corrected chi connectivity index (χ3v) is 4.88. The van der Waals surface area contributed by atoms with E-state index in [-0.39, 0.29) is 11.7 Å². The SMILES string of the molecule is O=C(NCC(c1ccco1)N1CCSCC1)Nc1ccccc1F. The number of nitrogens with zero attached hydrogens (tertiary/aromatic N) is 1. The molecule has 0 radical (unpaired) electrons. The summed E-state index contributed by atoms with van der Waals surface area (Å²) in [6, 6.07) is 9.42. The Morgan fingerprint density at radius 1 is 1.25 bits per heavy atom. The van der Waals surface area contributed by atoms with Gasteiger partial charge in [0.1, 0.15) is 11.6 Å². The number of benzene rings is 1. The Morgan fingerprint density at radius 2 is 2.04 bits per heavy atom. The predicted octanol–water partition coefficient (Wildman–Crippen LogP) is 3.33. The van der Waals surface area contributed by atoms with E-state index in [0.29, 0.717) is 6.54 Å². The molecule has 3 rings (SSSR count). The zero-order chi connectivity index (χ0) is 16.8. The number of hydrogen-bond donors (Lipinski definition) is 2. The van der Waals surface area contributed by atoms with E-state index in [9.17, 15) is 9.18 Å². The molecule has 2 heterocycles. The zero-order valence-corrected chi connectivity index (χ0v) is 14.0. The highest BCUT2D eigenvalue weighted by Gasteiger charge is 2.25. The molecule has 128 valence electrons. The molecule has 2 amide bonds. The number of para-hydroxylation sites is 1. The molecule has 7 heteroatoms. The molecule has 1 atom stereocenters. The monoisotopic (exact) mass is 349 g/mol. The highest BCUT2D eigenvalue weighted by atomic mass is 32.2. The molecule has 0 spiro atoms. The van der Waals surface area contributed by atoms with Gasteiger partial charge in [-0.25, -0.2) is 9.18 Å². The molecule has 5 nitrogen and oxygen atoms in total. The van der Waals surface area contributed by atoms with Crippen molar-refractivity contribution in [3.05, 3.63) is 54.2 Å². The lowest BCUT2D eigenvalue weighted by Crippen LogP contribution is -2.42. The summed E-state index contributed by atoms with van der Waals surface area (Å²) in [5.41, 5.74) is 0.166. The maximum atomic E-state index is 13.6. The van der Waals surface area contributed by atoms with Crippen LogP contribution in [0.5, 0.6) is 0 Å². The lowest BCUT2D eigenvalue weighted by Gasteiger charge is -2.33. The molecule has 0 aliphatic carbocycles. The quantitative estimate of drug-likeness (QED) is 0.869. The van der Waals surface area contributed by atoms with Crippen molar-refractivity contribution in [2.24, 2.45) is 0 Å². The standard InChI is InChI=1S/C17H20FN3O2S/c18-13-4-1-2-5-14(13)20-17(22)19-12-15(16-6-3-9-23-16)21-7-10-24-11-8-21/h1-6,9,15H,7-8,10-12H2,(H2,19,20,22). The van der Waals surface area contributed by atoms with E-state index in [1.54, 1.807) is 18.4 Å². The zero-order valence-electron chi connectivity index (χ0n) is 13.2. The highest BCUT2D eigenvalue weighted by molar-refractivity contribution is 7.99. The predicted molar refractivity (Wildman–Crippen MR) is 93.8 cm³/mol. The van der Waals surface area contributed by atoms with Gasteiger partial charge >= 0.3 is 6.03 Å². The molecule has 0 saturated carbocycles. The first-order valence-corrected chi connectivity index (χ1v) is 9.04. The van der Waals surface area contributed by atoms with Crippen LogP contribution in [0.4, 0.5) is 14.9 Å². The first kappa shape index (κ1) is 16.9. The van der Waals surface area contributed by atoms with Crippen molar-refractivity contribution >= 4 is 23.5 Å². The van der Waals surface area contributed by atoms with Gasteiger partial charge in [-0.15, -0.1) is 0 Å². The van der Waals surface area contributed by atoms with Crippen LogP contribution >= 0.6 is 11.8 Å². The number of halogens is 1. The molecule has 0 bridgehead atoms. The molecule has 1 aliphatic heterocycles. The second kappa shape index (κ2) is 8.21. The maximum absolute atomic E-state index is 13.6. The number of amides is 2. The number of anilines is 1. The lowest BCUT2D eigenvalue weighted by molar-refractivity contribution is 0.187. The first-order chi connectivity index (χ1) is 11.7. The maximum Gasteiger partial charge on any atom is 0.319 e. The second-order valence-electron chi connectivity index (χ2n) is 5.49. The number of carbonyl (C=O) groups is 1. The van der Waals surface area contributed by atoms with Gasteiger partial charge in [-0.2, -0.15) is 11.8 Å². The first-order valence-electron chi connectivity index (χ1n) is 7.88. The smallest absolute Gasteiger partial charge is 0.319 e. The van der Waals surface area contributed by atoms with Gasteiger partial charge < -0.3 is 15.1 Å². The van der Waals surface area contributed by atoms with E-state index in [2.05, 4.69) is 15.5 Å². The molecule has 2 N–H and O–H groups in total. The van der Waals surface area contributed by atoms with Crippen molar-refractivity contribution in [3.63, 3.8) is 0 Å². The average Bonchev–Trinajstić information content (AvgIpc) is 3.12. The summed E-state index contributed by atoms with van der Waals surface area (Å²) >= 11 is 1.93. The minimum absolute atomic E-state index is 0.0210. The van der Waals surface area contributed by atoms with Crippen LogP contribution in [0.1, 0.15) is 11.8 Å². The summed E-state index contributed by atoms with van der Waals surface area (Å²) < 4.78 is 19.1. The number of furan rings is 1. The summed E-state index contributed by atoms with van der Waals surface area (Å²) in [4.78, 5) is 14.4. The largest absolute Gasteiger partial charge is 0.468 e. The van der Waals surface area contributed by atoms with Crippen LogP contribution in [-0.4, -0.2) is 42.1 Å². The van der Waals surface area contributed by atoms with Crippen LogP contribution in [-0.2, 0) is 0 Å². The molecule has 1 aromatic heterocycles. The number of rotatable bonds is 5. The van der Waals surface area contributed by atoms with E-state index >= 15 is 0 Å². The van der Waals surface area contributed by atoms with E-state index in [0.717, 1.165) is 30.4 Å². The Labute approximate surface area is 144 Å². The summed E-state index contributed by atoms with van der Waals surface area (Å²) in [5.74, 6) is 2.51. The Bertz CT molecular complexity index is 660. The lowest BCUT2D eigenvalue weighted by atomic mass is 10.2. The van der Waals surface area contributed by atoms with Gasteiger partial charge in [0, 0.05) is 31.1 Å². The van der Waals surface area contributed by atoms with E-state index < -0.39 is 11.8 Å². The van der Waals surface area contributed by atoms with E-state index in [1.165, 1.54) is 12.1 Å². The van der Waals surface area contributed by atoms with Crippen LogP contribution in [0.3, 0.4) is 0 Å². The normalized spacial score (nSPS) is 16.5. The number of hydrogen-bond acceptors (Lipinski definition) is 4. The molecule has 1 saturated heterocycles. The Balaban J connectivity index is 1.61. The van der Waals surface area contributed by atoms with E-state index in [4.69, 9.17) is 4.42 Å². The third kappa shape index (κ3) is 4.30. The third-order valence-electron chi connectivity index (χ3n) is 3.94. The summed E-state index contributed by atoms with van der Waals surface area (Å²) in [6.07, 6.45) is 1.64. The molecular weight excluding hydrogens is 329 g/mol. The van der Waals surface area contributed by atoms with Crippen molar-refractivity contribution in [1.82, 2.24) is 10.2 Å². The number of nitrogens with one attached hydrogen (secondary N) is 2. The van der Waals surface area contributed by atoms with Gasteiger partial charge in [-0.05, 0) is 24.3 Å². The Hall–Kier alpha value is -1.99. The van der Waals surface area contributed by atoms with Crippen LogP contribution in [0.25, 0.3) is 0 Å². The van der Waals surface area contributed by atoms with Crippen molar-refractivity contribution in [2.45, 2.75) is 6.04 Å². The van der Waals surface area contributed by atoms with Gasteiger partial charge in [0.25, 0.3) is 0 Å². The summed E-state index contributed by atoms with van der Waals surface area (Å²) in [7, 11) is 0. The minimum Gasteiger partial charge on any atom is -0.468 e. The fourth-order valence-electron chi connectivity index (χ4n) is 2.70. The summed E-state index contributed by atoms with van der Waals surface area (Å²) in [5, 5.41) is 5.35. The summed E-state index contributed by atoms with van der Waals surface area (Å²) in [6.45, 7) is 2.30. The topological polar surface area (TPSA) is 57.5 Å². The fraction of sp³-hybridized carbons (Fsp3) is 0.353. The van der Waals surface area contributed by atoms with E-state index in [1.807, 2.05) is 23.9 Å². The van der Waals surface area contributed by atoms with Gasteiger partial charge in [0.15, 0.2) is 0 Å². The van der Waals surface area contributed by atoms with Crippen LogP contribution in [0.15, 0.2) is 47.1 Å². The molecule has 1 fully saturated rings. The minimum atomic E-state index is -0.455. The number of carbonyl (C=O) groups excluding carboxylic acids is 1. The highest BCUT2D eigenvalue weighted by Crippen LogP contribution is 2.24.